The van der Waals surface area contributed by atoms with Crippen LogP contribution in [-0.4, -0.2) is 19.1 Å². The molecule has 0 aliphatic carbocycles. The van der Waals surface area contributed by atoms with Crippen molar-refractivity contribution in [2.45, 2.75) is 58.5 Å². The molecule has 1 aliphatic heterocycles. The Morgan fingerprint density at radius 1 is 1.10 bits per heavy atom. The molecule has 0 amide bonds. The van der Waals surface area contributed by atoms with Crippen molar-refractivity contribution in [1.29, 1.82) is 0 Å². The molecule has 112 valence electrons. The molecule has 1 aliphatic rings. The second-order valence-corrected chi connectivity index (χ2v) is 6.06. The molecule has 3 heteroatoms. The van der Waals surface area contributed by atoms with E-state index in [1.807, 2.05) is 6.07 Å². The van der Waals surface area contributed by atoms with Crippen LogP contribution in [0.2, 0.25) is 0 Å². The quantitative estimate of drug-likeness (QED) is 0.892. The third-order valence-corrected chi connectivity index (χ3v) is 3.94. The number of hydrogen-bond donors (Lipinski definition) is 1. The number of rotatable bonds is 4. The molecule has 20 heavy (non-hydrogen) atoms. The SMILES string of the molecule is CC(C)NCc1cc(F)ccc1N1CCCCCCC1. The molecular formula is C17H27FN2. The van der Waals surface area contributed by atoms with Gasteiger partial charge in [0.05, 0.1) is 0 Å². The van der Waals surface area contributed by atoms with E-state index >= 15 is 0 Å². The third kappa shape index (κ3) is 4.48. The Kier molecular flexibility index (Phi) is 5.84. The van der Waals surface area contributed by atoms with E-state index in [0.717, 1.165) is 25.2 Å². The molecular weight excluding hydrogens is 251 g/mol. The summed E-state index contributed by atoms with van der Waals surface area (Å²) in [5.74, 6) is -0.138. The van der Waals surface area contributed by atoms with E-state index in [1.165, 1.54) is 37.8 Å². The summed E-state index contributed by atoms with van der Waals surface area (Å²) in [4.78, 5) is 2.44. The van der Waals surface area contributed by atoms with E-state index in [1.54, 1.807) is 12.1 Å². The number of benzene rings is 1. The number of hydrogen-bond acceptors (Lipinski definition) is 2. The predicted octanol–water partition coefficient (Wildman–Crippen LogP) is 4.09. The summed E-state index contributed by atoms with van der Waals surface area (Å²) >= 11 is 0. The summed E-state index contributed by atoms with van der Waals surface area (Å²) in [6.45, 7) is 7.17. The van der Waals surface area contributed by atoms with Crippen molar-refractivity contribution in [2.24, 2.45) is 0 Å². The van der Waals surface area contributed by atoms with Crippen molar-refractivity contribution < 1.29 is 4.39 Å². The van der Waals surface area contributed by atoms with Crippen LogP contribution < -0.4 is 10.2 Å². The van der Waals surface area contributed by atoms with Crippen LogP contribution in [0.15, 0.2) is 18.2 Å². The van der Waals surface area contributed by atoms with Crippen molar-refractivity contribution in [3.63, 3.8) is 0 Å². The van der Waals surface area contributed by atoms with E-state index in [2.05, 4.69) is 24.1 Å². The minimum absolute atomic E-state index is 0.138. The normalized spacial score (nSPS) is 17.1. The summed E-state index contributed by atoms with van der Waals surface area (Å²) in [5.41, 5.74) is 2.29. The Morgan fingerprint density at radius 2 is 1.75 bits per heavy atom. The fraction of sp³-hybridized carbons (Fsp3) is 0.647. The zero-order valence-corrected chi connectivity index (χ0v) is 12.8. The molecule has 1 aromatic rings. The molecule has 1 aromatic carbocycles. The lowest BCUT2D eigenvalue weighted by atomic mass is 10.1. The maximum Gasteiger partial charge on any atom is 0.123 e. The zero-order chi connectivity index (χ0) is 14.4. The molecule has 2 nitrogen and oxygen atoms in total. The molecule has 0 spiro atoms. The molecule has 0 bridgehead atoms. The van der Waals surface area contributed by atoms with Gasteiger partial charge in [-0.1, -0.05) is 33.1 Å². The molecule has 0 unspecified atom stereocenters. The van der Waals surface area contributed by atoms with E-state index in [4.69, 9.17) is 0 Å². The van der Waals surface area contributed by atoms with Crippen LogP contribution in [0.1, 0.15) is 51.5 Å². The highest BCUT2D eigenvalue weighted by Gasteiger charge is 2.13. The minimum Gasteiger partial charge on any atom is -0.371 e. The van der Waals surface area contributed by atoms with Crippen molar-refractivity contribution in [1.82, 2.24) is 5.32 Å². The molecule has 0 atom stereocenters. The highest BCUT2D eigenvalue weighted by molar-refractivity contribution is 5.54. The number of nitrogens with one attached hydrogen (secondary N) is 1. The van der Waals surface area contributed by atoms with Crippen LogP contribution in [0, 0.1) is 5.82 Å². The molecule has 0 aromatic heterocycles. The Morgan fingerprint density at radius 3 is 2.40 bits per heavy atom. The summed E-state index contributed by atoms with van der Waals surface area (Å²) in [6.07, 6.45) is 6.48. The van der Waals surface area contributed by atoms with Crippen molar-refractivity contribution in [3.05, 3.63) is 29.6 Å². The molecule has 1 saturated heterocycles. The maximum absolute atomic E-state index is 13.5. The third-order valence-electron chi connectivity index (χ3n) is 3.94. The second-order valence-electron chi connectivity index (χ2n) is 6.06. The minimum atomic E-state index is -0.138. The Balaban J connectivity index is 2.15. The topological polar surface area (TPSA) is 15.3 Å². The van der Waals surface area contributed by atoms with Crippen molar-refractivity contribution in [2.75, 3.05) is 18.0 Å². The summed E-state index contributed by atoms with van der Waals surface area (Å²) in [5, 5.41) is 3.40. The molecule has 0 radical (unpaired) electrons. The van der Waals surface area contributed by atoms with Gasteiger partial charge in [-0.25, -0.2) is 4.39 Å². The zero-order valence-electron chi connectivity index (χ0n) is 12.8. The van der Waals surface area contributed by atoms with Gasteiger partial charge in [-0.2, -0.15) is 0 Å². The van der Waals surface area contributed by atoms with Gasteiger partial charge in [-0.05, 0) is 36.6 Å². The first-order valence-corrected chi connectivity index (χ1v) is 7.93. The second kappa shape index (κ2) is 7.63. The summed E-state index contributed by atoms with van der Waals surface area (Å²) < 4.78 is 13.5. The summed E-state index contributed by atoms with van der Waals surface area (Å²) in [6, 6.07) is 5.64. The largest absolute Gasteiger partial charge is 0.371 e. The monoisotopic (exact) mass is 278 g/mol. The smallest absolute Gasteiger partial charge is 0.123 e. The Hall–Kier alpha value is -1.09. The van der Waals surface area contributed by atoms with Gasteiger partial charge in [-0.15, -0.1) is 0 Å². The van der Waals surface area contributed by atoms with E-state index in [0.29, 0.717) is 6.04 Å². The summed E-state index contributed by atoms with van der Waals surface area (Å²) in [7, 11) is 0. The van der Waals surface area contributed by atoms with Crippen LogP contribution in [0.5, 0.6) is 0 Å². The van der Waals surface area contributed by atoms with Gasteiger partial charge in [0.2, 0.25) is 0 Å². The molecule has 1 N–H and O–H groups in total. The van der Waals surface area contributed by atoms with E-state index < -0.39 is 0 Å². The average Bonchev–Trinajstić information content (AvgIpc) is 2.37. The van der Waals surface area contributed by atoms with Crippen LogP contribution in [0.3, 0.4) is 0 Å². The van der Waals surface area contributed by atoms with Gasteiger partial charge >= 0.3 is 0 Å². The van der Waals surface area contributed by atoms with Gasteiger partial charge in [0.1, 0.15) is 5.82 Å². The van der Waals surface area contributed by atoms with Crippen LogP contribution >= 0.6 is 0 Å². The highest BCUT2D eigenvalue weighted by Crippen LogP contribution is 2.24. The standard InChI is InChI=1S/C17H27FN2/c1-14(2)19-13-15-12-16(18)8-9-17(15)20-10-6-4-3-5-7-11-20/h8-9,12,14,19H,3-7,10-11,13H2,1-2H3. The maximum atomic E-state index is 13.5. The van der Waals surface area contributed by atoms with Crippen molar-refractivity contribution >= 4 is 5.69 Å². The average molecular weight is 278 g/mol. The van der Waals surface area contributed by atoms with Crippen LogP contribution in [-0.2, 0) is 6.54 Å². The first kappa shape index (κ1) is 15.3. The van der Waals surface area contributed by atoms with E-state index in [-0.39, 0.29) is 5.82 Å². The van der Waals surface area contributed by atoms with Gasteiger partial charge in [-0.3, -0.25) is 0 Å². The first-order valence-electron chi connectivity index (χ1n) is 7.93. The number of halogens is 1. The van der Waals surface area contributed by atoms with Crippen LogP contribution in [0.4, 0.5) is 10.1 Å². The molecule has 1 heterocycles. The van der Waals surface area contributed by atoms with Gasteiger partial charge in [0, 0.05) is 31.4 Å². The number of nitrogens with zero attached hydrogens (tertiary/aromatic N) is 1. The Labute approximate surface area is 122 Å². The molecule has 1 fully saturated rings. The molecule has 2 rings (SSSR count). The Bertz CT molecular complexity index is 409. The van der Waals surface area contributed by atoms with Gasteiger partial charge in [0.25, 0.3) is 0 Å². The predicted molar refractivity (Wildman–Crippen MR) is 83.7 cm³/mol. The van der Waals surface area contributed by atoms with Crippen LogP contribution in [0.25, 0.3) is 0 Å². The van der Waals surface area contributed by atoms with Crippen molar-refractivity contribution in [3.8, 4) is 0 Å². The first-order chi connectivity index (χ1) is 9.66. The lowest BCUT2D eigenvalue weighted by Crippen LogP contribution is -2.29. The fourth-order valence-corrected chi connectivity index (χ4v) is 2.81. The fourth-order valence-electron chi connectivity index (χ4n) is 2.81. The van der Waals surface area contributed by atoms with E-state index in [9.17, 15) is 4.39 Å². The highest BCUT2D eigenvalue weighted by atomic mass is 19.1. The van der Waals surface area contributed by atoms with Gasteiger partial charge < -0.3 is 10.2 Å². The number of anilines is 1. The van der Waals surface area contributed by atoms with Gasteiger partial charge in [0.15, 0.2) is 0 Å². The lowest BCUT2D eigenvalue weighted by Gasteiger charge is -2.29. The lowest BCUT2D eigenvalue weighted by molar-refractivity contribution is 0.550. The molecule has 0 saturated carbocycles.